The minimum absolute atomic E-state index is 0.111. The number of nitrogens with one attached hydrogen (secondary N) is 1. The van der Waals surface area contributed by atoms with Gasteiger partial charge in [-0.05, 0) is 19.3 Å². The van der Waals surface area contributed by atoms with Crippen LogP contribution in [0.2, 0.25) is 0 Å². The number of hydrogen-bond donors (Lipinski definition) is 2. The molecule has 1 unspecified atom stereocenters. The van der Waals surface area contributed by atoms with Crippen LogP contribution in [0.25, 0.3) is 0 Å². The summed E-state index contributed by atoms with van der Waals surface area (Å²) in [6.07, 6.45) is 5.26. The molecule has 4 nitrogen and oxygen atoms in total. The molecule has 1 atom stereocenters. The molecule has 0 bridgehead atoms. The number of hydrogen-bond acceptors (Lipinski definition) is 4. The first-order valence-corrected chi connectivity index (χ1v) is 5.28. The van der Waals surface area contributed by atoms with Crippen LogP contribution in [0, 0.1) is 0 Å². The van der Waals surface area contributed by atoms with E-state index < -0.39 is 0 Å². The lowest BCUT2D eigenvalue weighted by molar-refractivity contribution is -0.0600. The van der Waals surface area contributed by atoms with Crippen molar-refractivity contribution in [1.29, 1.82) is 0 Å². The molecule has 2 heterocycles. The van der Waals surface area contributed by atoms with Crippen molar-refractivity contribution in [2.75, 3.05) is 19.8 Å². The number of rotatable bonds is 2. The first-order valence-electron chi connectivity index (χ1n) is 5.28. The van der Waals surface area contributed by atoms with Crippen molar-refractivity contribution in [1.82, 2.24) is 5.32 Å². The molecule has 1 fully saturated rings. The van der Waals surface area contributed by atoms with Gasteiger partial charge in [-0.1, -0.05) is 0 Å². The first kappa shape index (κ1) is 9.80. The van der Waals surface area contributed by atoms with Crippen molar-refractivity contribution >= 4 is 0 Å². The zero-order chi connectivity index (χ0) is 9.80. The third-order valence-corrected chi connectivity index (χ3v) is 2.72. The van der Waals surface area contributed by atoms with Gasteiger partial charge in [0.15, 0.2) is 0 Å². The van der Waals surface area contributed by atoms with E-state index in [1.54, 1.807) is 0 Å². The molecule has 0 spiro atoms. The topological polar surface area (TPSA) is 56.5 Å². The Balaban J connectivity index is 1.83. The van der Waals surface area contributed by atoms with Gasteiger partial charge in [0.2, 0.25) is 0 Å². The van der Waals surface area contributed by atoms with Crippen LogP contribution in [0.4, 0.5) is 0 Å². The molecule has 0 amide bonds. The average molecular weight is 198 g/mol. The maximum Gasteiger partial charge on any atom is 0.100 e. The van der Waals surface area contributed by atoms with Crippen molar-refractivity contribution in [3.63, 3.8) is 0 Å². The van der Waals surface area contributed by atoms with Gasteiger partial charge in [-0.3, -0.25) is 0 Å². The highest BCUT2D eigenvalue weighted by atomic mass is 16.5. The van der Waals surface area contributed by atoms with E-state index >= 15 is 0 Å². The summed E-state index contributed by atoms with van der Waals surface area (Å²) < 4.78 is 11.2. The zero-order valence-corrected chi connectivity index (χ0v) is 8.37. The summed E-state index contributed by atoms with van der Waals surface area (Å²) in [5.74, 6) is 0. The molecule has 4 heteroatoms. The molecule has 0 radical (unpaired) electrons. The summed E-state index contributed by atoms with van der Waals surface area (Å²) in [7, 11) is 0. The fraction of sp³-hybridized carbons (Fsp3) is 0.800. The van der Waals surface area contributed by atoms with Crippen LogP contribution in [0.1, 0.15) is 19.3 Å². The predicted molar refractivity (Wildman–Crippen MR) is 53.6 cm³/mol. The Labute approximate surface area is 84.4 Å². The normalized spacial score (nSPS) is 29.4. The van der Waals surface area contributed by atoms with E-state index in [1.165, 1.54) is 0 Å². The van der Waals surface area contributed by atoms with Gasteiger partial charge < -0.3 is 20.5 Å². The molecule has 3 N–H and O–H groups in total. The molecular formula is C10H18N2O2. The standard InChI is InChI=1S/C10H18N2O2/c11-9-7-12-4-1-10(9)14-8-2-5-13-6-3-8/h7-8,10,12H,1-6,11H2. The van der Waals surface area contributed by atoms with E-state index in [-0.39, 0.29) is 6.10 Å². The van der Waals surface area contributed by atoms with Gasteiger partial charge in [-0.25, -0.2) is 0 Å². The Kier molecular flexibility index (Phi) is 3.26. The molecule has 1 saturated heterocycles. The Hall–Kier alpha value is -0.740. The fourth-order valence-electron chi connectivity index (χ4n) is 1.86. The Morgan fingerprint density at radius 3 is 2.86 bits per heavy atom. The van der Waals surface area contributed by atoms with Crippen LogP contribution < -0.4 is 11.1 Å². The largest absolute Gasteiger partial charge is 0.399 e. The summed E-state index contributed by atoms with van der Waals surface area (Å²) in [5, 5.41) is 3.11. The average Bonchev–Trinajstić information content (AvgIpc) is 2.23. The fourth-order valence-corrected chi connectivity index (χ4v) is 1.86. The van der Waals surface area contributed by atoms with E-state index in [0.717, 1.165) is 44.7 Å². The molecule has 0 aromatic carbocycles. The summed E-state index contributed by atoms with van der Waals surface area (Å²) in [6.45, 7) is 2.59. The van der Waals surface area contributed by atoms with Crippen molar-refractivity contribution in [2.45, 2.75) is 31.5 Å². The van der Waals surface area contributed by atoms with E-state index in [0.29, 0.717) is 6.10 Å². The molecular weight excluding hydrogens is 180 g/mol. The van der Waals surface area contributed by atoms with Crippen LogP contribution in [0.5, 0.6) is 0 Å². The zero-order valence-electron chi connectivity index (χ0n) is 8.37. The summed E-state index contributed by atoms with van der Waals surface area (Å²) in [6, 6.07) is 0. The second-order valence-electron chi connectivity index (χ2n) is 3.82. The second kappa shape index (κ2) is 4.66. The molecule has 2 aliphatic heterocycles. The molecule has 0 aliphatic carbocycles. The third-order valence-electron chi connectivity index (χ3n) is 2.72. The molecule has 80 valence electrons. The first-order chi connectivity index (χ1) is 6.86. The predicted octanol–water partition coefficient (Wildman–Crippen LogP) is 0.344. The van der Waals surface area contributed by atoms with Gasteiger partial charge in [0.1, 0.15) is 6.10 Å². The van der Waals surface area contributed by atoms with Crippen molar-refractivity contribution in [3.05, 3.63) is 11.9 Å². The minimum atomic E-state index is 0.111. The summed E-state index contributed by atoms with van der Waals surface area (Å²) in [4.78, 5) is 0. The Bertz CT molecular complexity index is 212. The van der Waals surface area contributed by atoms with E-state index in [2.05, 4.69) is 5.32 Å². The summed E-state index contributed by atoms with van der Waals surface area (Å²) in [5.41, 5.74) is 6.66. The van der Waals surface area contributed by atoms with Crippen molar-refractivity contribution in [2.24, 2.45) is 5.73 Å². The monoisotopic (exact) mass is 198 g/mol. The van der Waals surface area contributed by atoms with Crippen LogP contribution >= 0.6 is 0 Å². The molecule has 2 aliphatic rings. The molecule has 0 aromatic heterocycles. The van der Waals surface area contributed by atoms with Crippen LogP contribution in [0.3, 0.4) is 0 Å². The van der Waals surface area contributed by atoms with Crippen molar-refractivity contribution < 1.29 is 9.47 Å². The smallest absolute Gasteiger partial charge is 0.100 e. The minimum Gasteiger partial charge on any atom is -0.399 e. The highest BCUT2D eigenvalue weighted by Gasteiger charge is 2.22. The van der Waals surface area contributed by atoms with Crippen LogP contribution in [-0.4, -0.2) is 32.0 Å². The van der Waals surface area contributed by atoms with Gasteiger partial charge in [0, 0.05) is 26.0 Å². The highest BCUT2D eigenvalue weighted by Crippen LogP contribution is 2.17. The maximum absolute atomic E-state index is 5.93. The number of nitrogens with two attached hydrogens (primary N) is 1. The SMILES string of the molecule is NC1=CNCCC1OC1CCOCC1. The second-order valence-corrected chi connectivity index (χ2v) is 3.82. The van der Waals surface area contributed by atoms with Crippen LogP contribution in [0.15, 0.2) is 11.9 Å². The van der Waals surface area contributed by atoms with Gasteiger partial charge in [-0.2, -0.15) is 0 Å². The quantitative estimate of drug-likeness (QED) is 0.672. The van der Waals surface area contributed by atoms with Gasteiger partial charge in [0.05, 0.1) is 11.8 Å². The van der Waals surface area contributed by atoms with Gasteiger partial charge in [0.25, 0.3) is 0 Å². The molecule has 2 rings (SSSR count). The molecule has 0 aromatic rings. The Morgan fingerprint density at radius 1 is 1.36 bits per heavy atom. The van der Waals surface area contributed by atoms with Crippen molar-refractivity contribution in [3.8, 4) is 0 Å². The maximum atomic E-state index is 5.93. The van der Waals surface area contributed by atoms with Gasteiger partial charge >= 0.3 is 0 Å². The number of ether oxygens (including phenoxy) is 2. The lowest BCUT2D eigenvalue weighted by Gasteiger charge is -2.29. The molecule has 0 saturated carbocycles. The van der Waals surface area contributed by atoms with E-state index in [9.17, 15) is 0 Å². The summed E-state index contributed by atoms with van der Waals surface area (Å²) >= 11 is 0. The lowest BCUT2D eigenvalue weighted by atomic mass is 10.1. The lowest BCUT2D eigenvalue weighted by Crippen LogP contribution is -2.36. The Morgan fingerprint density at radius 2 is 2.14 bits per heavy atom. The third kappa shape index (κ3) is 2.39. The molecule has 14 heavy (non-hydrogen) atoms. The van der Waals surface area contributed by atoms with E-state index in [4.69, 9.17) is 15.2 Å². The highest BCUT2D eigenvalue weighted by molar-refractivity contribution is 5.06. The van der Waals surface area contributed by atoms with Crippen LogP contribution in [-0.2, 0) is 9.47 Å². The van der Waals surface area contributed by atoms with Gasteiger partial charge in [-0.15, -0.1) is 0 Å². The van der Waals surface area contributed by atoms with E-state index in [1.807, 2.05) is 6.20 Å².